The van der Waals surface area contributed by atoms with Crippen LogP contribution in [0.15, 0.2) is 18.2 Å². The Bertz CT molecular complexity index is 704. The topological polar surface area (TPSA) is 118 Å². The minimum absolute atomic E-state index is 0.0199. The average Bonchev–Trinajstić information content (AvgIpc) is 2.67. The van der Waals surface area contributed by atoms with Gasteiger partial charge in [-0.3, -0.25) is 4.79 Å². The molecule has 1 aliphatic rings. The van der Waals surface area contributed by atoms with E-state index < -0.39 is 21.9 Å². The van der Waals surface area contributed by atoms with Crippen molar-refractivity contribution < 1.29 is 23.1 Å². The molecule has 1 fully saturated rings. The van der Waals surface area contributed by atoms with E-state index in [0.717, 1.165) is 3.57 Å². The molecule has 1 aliphatic heterocycles. The molecule has 3 N–H and O–H groups in total. The van der Waals surface area contributed by atoms with Crippen LogP contribution in [0.4, 0.5) is 5.69 Å². The van der Waals surface area contributed by atoms with Crippen molar-refractivity contribution in [1.82, 2.24) is 0 Å². The average molecular weight is 424 g/mol. The molecule has 7 nitrogen and oxygen atoms in total. The molecule has 1 atom stereocenters. The fourth-order valence-electron chi connectivity index (χ4n) is 2.37. The molecular formula is C12H13IN2O5S. The summed E-state index contributed by atoms with van der Waals surface area (Å²) in [5.74, 6) is -2.14. The second-order valence-corrected chi connectivity index (χ2v) is 7.78. The molecule has 1 heterocycles. The van der Waals surface area contributed by atoms with Crippen molar-refractivity contribution in [3.8, 4) is 0 Å². The first-order valence-corrected chi connectivity index (χ1v) is 8.80. The zero-order valence-electron chi connectivity index (χ0n) is 10.8. The number of carboxylic acids is 1. The standard InChI is InChI=1S/C12H13IN2O5S/c13-8-1-2-10(9(4-8)12(17)18)15-5-7(3-11(15)16)6-21(14,19)20/h1-2,4,7H,3,5-6H2,(H,17,18)(H2,14,19,20). The minimum atomic E-state index is -3.67. The highest BCUT2D eigenvalue weighted by Crippen LogP contribution is 2.29. The molecule has 0 aliphatic carbocycles. The summed E-state index contributed by atoms with van der Waals surface area (Å²) in [6.07, 6.45) is 0.0431. The molecule has 1 amide bonds. The maximum absolute atomic E-state index is 12.0. The predicted octanol–water partition coefficient (Wildman–Crippen LogP) is 0.631. The Balaban J connectivity index is 2.31. The van der Waals surface area contributed by atoms with Gasteiger partial charge in [-0.1, -0.05) is 0 Å². The summed E-state index contributed by atoms with van der Waals surface area (Å²) >= 11 is 1.98. The Morgan fingerprint density at radius 2 is 2.14 bits per heavy atom. The highest BCUT2D eigenvalue weighted by Gasteiger charge is 2.34. The second-order valence-electron chi connectivity index (χ2n) is 4.87. The van der Waals surface area contributed by atoms with Crippen LogP contribution in [-0.2, 0) is 14.8 Å². The van der Waals surface area contributed by atoms with Crippen LogP contribution in [0.5, 0.6) is 0 Å². The summed E-state index contributed by atoms with van der Waals surface area (Å²) in [5, 5.41) is 14.2. The smallest absolute Gasteiger partial charge is 0.337 e. The van der Waals surface area contributed by atoms with Crippen LogP contribution in [0.25, 0.3) is 0 Å². The molecule has 0 aromatic heterocycles. The molecule has 1 unspecified atom stereocenters. The molecule has 1 aromatic carbocycles. The number of anilines is 1. The Labute approximate surface area is 135 Å². The van der Waals surface area contributed by atoms with Crippen molar-refractivity contribution >= 4 is 50.2 Å². The van der Waals surface area contributed by atoms with Crippen molar-refractivity contribution in [2.24, 2.45) is 11.1 Å². The SMILES string of the molecule is NS(=O)(=O)CC1CC(=O)N(c2ccc(I)cc2C(=O)O)C1. The van der Waals surface area contributed by atoms with Crippen molar-refractivity contribution in [2.75, 3.05) is 17.2 Å². The van der Waals surface area contributed by atoms with E-state index in [2.05, 4.69) is 0 Å². The lowest BCUT2D eigenvalue weighted by atomic mass is 10.1. The third-order valence-corrected chi connectivity index (χ3v) is 4.76. The number of halogens is 1. The van der Waals surface area contributed by atoms with Crippen LogP contribution >= 0.6 is 22.6 Å². The van der Waals surface area contributed by atoms with Crippen molar-refractivity contribution in [3.05, 3.63) is 27.3 Å². The van der Waals surface area contributed by atoms with E-state index in [9.17, 15) is 23.1 Å². The molecule has 0 spiro atoms. The van der Waals surface area contributed by atoms with Gasteiger partial charge in [0.1, 0.15) is 0 Å². The van der Waals surface area contributed by atoms with Gasteiger partial charge in [-0.25, -0.2) is 18.4 Å². The normalized spacial score (nSPS) is 19.0. The number of nitrogens with zero attached hydrogens (tertiary/aromatic N) is 1. The molecule has 0 bridgehead atoms. The Morgan fingerprint density at radius 1 is 1.48 bits per heavy atom. The quantitative estimate of drug-likeness (QED) is 0.688. The van der Waals surface area contributed by atoms with Gasteiger partial charge in [0.05, 0.1) is 17.0 Å². The van der Waals surface area contributed by atoms with Crippen molar-refractivity contribution in [3.63, 3.8) is 0 Å². The zero-order valence-corrected chi connectivity index (χ0v) is 13.8. The Hall–Kier alpha value is -1.20. The maximum atomic E-state index is 12.0. The molecule has 1 aromatic rings. The first-order valence-electron chi connectivity index (χ1n) is 6.01. The number of carboxylic acid groups (broad SMARTS) is 1. The molecule has 114 valence electrons. The van der Waals surface area contributed by atoms with Crippen molar-refractivity contribution in [2.45, 2.75) is 6.42 Å². The monoisotopic (exact) mass is 424 g/mol. The molecule has 1 saturated heterocycles. The first-order chi connectivity index (χ1) is 9.67. The number of primary sulfonamides is 1. The Kier molecular flexibility index (Phi) is 4.54. The van der Waals surface area contributed by atoms with E-state index in [-0.39, 0.29) is 35.9 Å². The van der Waals surface area contributed by atoms with Crippen molar-refractivity contribution in [1.29, 1.82) is 0 Å². The van der Waals surface area contributed by atoms with E-state index in [1.54, 1.807) is 12.1 Å². The zero-order chi connectivity index (χ0) is 15.8. The van der Waals surface area contributed by atoms with Crippen LogP contribution in [-0.4, -0.2) is 37.7 Å². The summed E-state index contributed by atoms with van der Waals surface area (Å²) in [7, 11) is -3.67. The van der Waals surface area contributed by atoms with Gasteiger partial charge in [-0.2, -0.15) is 0 Å². The van der Waals surface area contributed by atoms with E-state index in [1.807, 2.05) is 22.6 Å². The Morgan fingerprint density at radius 3 is 2.71 bits per heavy atom. The predicted molar refractivity (Wildman–Crippen MR) is 84.6 cm³/mol. The summed E-state index contributed by atoms with van der Waals surface area (Å²) in [6.45, 7) is 0.149. The number of hydrogen-bond acceptors (Lipinski definition) is 4. The molecule has 2 rings (SSSR count). The number of aromatic carboxylic acids is 1. The third kappa shape index (κ3) is 3.92. The van der Waals surface area contributed by atoms with E-state index >= 15 is 0 Å². The summed E-state index contributed by atoms with van der Waals surface area (Å²) in [6, 6.07) is 4.73. The van der Waals surface area contributed by atoms with Gasteiger partial charge >= 0.3 is 5.97 Å². The lowest BCUT2D eigenvalue weighted by molar-refractivity contribution is -0.117. The fourth-order valence-corrected chi connectivity index (χ4v) is 3.74. The number of carbonyl (C=O) groups is 2. The largest absolute Gasteiger partial charge is 0.478 e. The van der Waals surface area contributed by atoms with Gasteiger partial charge < -0.3 is 10.0 Å². The molecular weight excluding hydrogens is 411 g/mol. The number of amides is 1. The number of hydrogen-bond donors (Lipinski definition) is 2. The first kappa shape index (κ1) is 16.2. The highest BCUT2D eigenvalue weighted by atomic mass is 127. The van der Waals surface area contributed by atoms with Gasteiger partial charge in [0, 0.05) is 22.5 Å². The van der Waals surface area contributed by atoms with E-state index in [0.29, 0.717) is 0 Å². The van der Waals surface area contributed by atoms with E-state index in [1.165, 1.54) is 11.0 Å². The van der Waals surface area contributed by atoms with Gasteiger partial charge in [0.25, 0.3) is 0 Å². The second kappa shape index (κ2) is 5.89. The summed E-state index contributed by atoms with van der Waals surface area (Å²) in [5.41, 5.74) is 0.302. The van der Waals surface area contributed by atoms with Gasteiger partial charge in [-0.05, 0) is 40.8 Å². The third-order valence-electron chi connectivity index (χ3n) is 3.15. The van der Waals surface area contributed by atoms with Crippen LogP contribution in [0.3, 0.4) is 0 Å². The van der Waals surface area contributed by atoms with Gasteiger partial charge in [0.15, 0.2) is 0 Å². The highest BCUT2D eigenvalue weighted by molar-refractivity contribution is 14.1. The number of benzene rings is 1. The number of carbonyl (C=O) groups excluding carboxylic acids is 1. The van der Waals surface area contributed by atoms with Gasteiger partial charge in [-0.15, -0.1) is 0 Å². The molecule has 9 heteroatoms. The van der Waals surface area contributed by atoms with Crippen LogP contribution in [0.1, 0.15) is 16.8 Å². The summed E-state index contributed by atoms with van der Waals surface area (Å²) in [4.78, 5) is 24.6. The lowest BCUT2D eigenvalue weighted by Crippen LogP contribution is -2.28. The van der Waals surface area contributed by atoms with Crippen LogP contribution in [0, 0.1) is 9.49 Å². The van der Waals surface area contributed by atoms with Crippen LogP contribution < -0.4 is 10.0 Å². The molecule has 21 heavy (non-hydrogen) atoms. The fraction of sp³-hybridized carbons (Fsp3) is 0.333. The number of sulfonamides is 1. The lowest BCUT2D eigenvalue weighted by Gasteiger charge is -2.19. The van der Waals surface area contributed by atoms with E-state index in [4.69, 9.17) is 5.14 Å². The minimum Gasteiger partial charge on any atom is -0.478 e. The number of nitrogens with two attached hydrogens (primary N) is 1. The van der Waals surface area contributed by atoms with Gasteiger partial charge in [0.2, 0.25) is 15.9 Å². The summed E-state index contributed by atoms with van der Waals surface area (Å²) < 4.78 is 23.0. The molecule has 0 saturated carbocycles. The molecule has 0 radical (unpaired) electrons. The van der Waals surface area contributed by atoms with Crippen LogP contribution in [0.2, 0.25) is 0 Å². The number of rotatable bonds is 4. The maximum Gasteiger partial charge on any atom is 0.337 e.